The van der Waals surface area contributed by atoms with Crippen LogP contribution in [0.2, 0.25) is 0 Å². The molecular weight excluding hydrogens is 198 g/mol. The quantitative estimate of drug-likeness (QED) is 0.186. The van der Waals surface area contributed by atoms with E-state index in [0.717, 1.165) is 0 Å². The second-order valence-corrected chi connectivity index (χ2v) is 3.52. The average molecular weight is 215 g/mol. The zero-order chi connectivity index (χ0) is 11.3. The summed E-state index contributed by atoms with van der Waals surface area (Å²) in [6.07, 6.45) is 1.28. The van der Waals surface area contributed by atoms with Gasteiger partial charge in [0.15, 0.2) is 5.84 Å². The number of nitrogens with zero attached hydrogens (tertiary/aromatic N) is 1. The summed E-state index contributed by atoms with van der Waals surface area (Å²) in [4.78, 5) is 11.7. The van der Waals surface area contributed by atoms with Crippen molar-refractivity contribution in [1.29, 1.82) is 0 Å². The van der Waals surface area contributed by atoms with Crippen LogP contribution in [0.3, 0.4) is 0 Å². The fraction of sp³-hybridized carbons (Fsp3) is 0.778. The monoisotopic (exact) mass is 215 g/mol. The second kappa shape index (κ2) is 4.97. The van der Waals surface area contributed by atoms with E-state index in [1.54, 1.807) is 0 Å². The van der Waals surface area contributed by atoms with E-state index in [0.29, 0.717) is 32.6 Å². The van der Waals surface area contributed by atoms with Gasteiger partial charge in [0.1, 0.15) is 5.41 Å². The lowest BCUT2D eigenvalue weighted by molar-refractivity contribution is -0.124. The van der Waals surface area contributed by atoms with E-state index in [1.807, 2.05) is 6.92 Å². The number of rotatable bonds is 6. The summed E-state index contributed by atoms with van der Waals surface area (Å²) in [5.41, 5.74) is 4.69. The largest absolute Gasteiger partial charge is 0.409 e. The molecule has 1 rings (SSSR count). The van der Waals surface area contributed by atoms with Gasteiger partial charge in [-0.2, -0.15) is 0 Å². The fourth-order valence-electron chi connectivity index (χ4n) is 1.37. The van der Waals surface area contributed by atoms with Gasteiger partial charge in [0.05, 0.1) is 6.61 Å². The maximum Gasteiger partial charge on any atom is 0.234 e. The molecule has 4 N–H and O–H groups in total. The van der Waals surface area contributed by atoms with E-state index in [2.05, 4.69) is 10.5 Å². The third-order valence-corrected chi connectivity index (χ3v) is 2.52. The summed E-state index contributed by atoms with van der Waals surface area (Å²) in [7, 11) is 0. The van der Waals surface area contributed by atoms with Gasteiger partial charge in [-0.1, -0.05) is 5.16 Å². The van der Waals surface area contributed by atoms with Gasteiger partial charge in [-0.15, -0.1) is 0 Å². The Bertz CT molecular complexity index is 261. The van der Waals surface area contributed by atoms with Crippen molar-refractivity contribution in [3.8, 4) is 0 Å². The number of nitrogens with one attached hydrogen (secondary N) is 1. The Morgan fingerprint density at radius 3 is 2.80 bits per heavy atom. The minimum Gasteiger partial charge on any atom is -0.409 e. The number of oxime groups is 1. The summed E-state index contributed by atoms with van der Waals surface area (Å²) >= 11 is 0. The first-order chi connectivity index (χ1) is 7.17. The molecule has 0 aromatic heterocycles. The van der Waals surface area contributed by atoms with E-state index in [4.69, 9.17) is 15.7 Å². The first kappa shape index (κ1) is 11.8. The molecule has 0 radical (unpaired) electrons. The number of carbonyl (C=O) groups excluding carboxylic acids is 1. The van der Waals surface area contributed by atoms with Crippen molar-refractivity contribution >= 4 is 11.7 Å². The molecule has 0 bridgehead atoms. The number of hydrogen-bond donors (Lipinski definition) is 3. The zero-order valence-electron chi connectivity index (χ0n) is 8.82. The minimum absolute atomic E-state index is 0.00332. The van der Waals surface area contributed by atoms with Crippen LogP contribution in [0.15, 0.2) is 5.16 Å². The molecule has 6 heteroatoms. The van der Waals surface area contributed by atoms with Crippen molar-refractivity contribution in [1.82, 2.24) is 5.32 Å². The van der Waals surface area contributed by atoms with Gasteiger partial charge in [-0.3, -0.25) is 4.79 Å². The molecule has 1 amide bonds. The number of ether oxygens (including phenoxy) is 1. The molecule has 15 heavy (non-hydrogen) atoms. The first-order valence-electron chi connectivity index (χ1n) is 5.01. The third kappa shape index (κ3) is 2.59. The number of amidine groups is 1. The Morgan fingerprint density at radius 2 is 2.33 bits per heavy atom. The molecule has 0 aromatic rings. The molecule has 1 saturated carbocycles. The predicted octanol–water partition coefficient (Wildman–Crippen LogP) is -0.334. The summed E-state index contributed by atoms with van der Waals surface area (Å²) in [6, 6.07) is 0. The highest BCUT2D eigenvalue weighted by Gasteiger charge is 2.54. The van der Waals surface area contributed by atoms with Crippen molar-refractivity contribution in [2.24, 2.45) is 16.3 Å². The Hall–Kier alpha value is -1.30. The van der Waals surface area contributed by atoms with Crippen molar-refractivity contribution in [3.63, 3.8) is 0 Å². The molecule has 1 aliphatic carbocycles. The normalized spacial score (nSPS) is 18.6. The minimum atomic E-state index is -0.763. The van der Waals surface area contributed by atoms with Crippen LogP contribution in [-0.2, 0) is 9.53 Å². The van der Waals surface area contributed by atoms with Gasteiger partial charge in [-0.05, 0) is 19.8 Å². The SMILES string of the molecule is CCOCCNC(=O)C1(C(N)=NO)CC1. The molecule has 0 saturated heterocycles. The topological polar surface area (TPSA) is 96.9 Å². The average Bonchev–Trinajstić information content (AvgIpc) is 3.04. The highest BCUT2D eigenvalue weighted by molar-refractivity contribution is 6.09. The lowest BCUT2D eigenvalue weighted by atomic mass is 10.1. The van der Waals surface area contributed by atoms with Gasteiger partial charge in [0.25, 0.3) is 0 Å². The second-order valence-electron chi connectivity index (χ2n) is 3.52. The highest BCUT2D eigenvalue weighted by Crippen LogP contribution is 2.45. The van der Waals surface area contributed by atoms with E-state index in [-0.39, 0.29) is 11.7 Å². The van der Waals surface area contributed by atoms with Gasteiger partial charge in [-0.25, -0.2) is 0 Å². The Kier molecular flexibility index (Phi) is 3.90. The Balaban J connectivity index is 2.34. The molecule has 0 aromatic carbocycles. The van der Waals surface area contributed by atoms with E-state index < -0.39 is 5.41 Å². The van der Waals surface area contributed by atoms with Crippen LogP contribution in [0.5, 0.6) is 0 Å². The smallest absolute Gasteiger partial charge is 0.234 e. The molecule has 0 unspecified atom stereocenters. The predicted molar refractivity (Wildman–Crippen MR) is 54.6 cm³/mol. The van der Waals surface area contributed by atoms with E-state index in [1.165, 1.54) is 0 Å². The standard InChI is InChI=1S/C9H17N3O3/c1-2-15-6-5-11-8(13)9(3-4-9)7(10)12-14/h14H,2-6H2,1H3,(H2,10,12)(H,11,13). The summed E-state index contributed by atoms with van der Waals surface area (Å²) in [5, 5.41) is 14.1. The van der Waals surface area contributed by atoms with Crippen LogP contribution < -0.4 is 11.1 Å². The van der Waals surface area contributed by atoms with Gasteiger partial charge in [0, 0.05) is 13.2 Å². The maximum atomic E-state index is 11.7. The maximum absolute atomic E-state index is 11.7. The molecule has 0 heterocycles. The number of carbonyl (C=O) groups is 1. The zero-order valence-corrected chi connectivity index (χ0v) is 8.82. The van der Waals surface area contributed by atoms with E-state index in [9.17, 15) is 4.79 Å². The summed E-state index contributed by atoms with van der Waals surface area (Å²) in [6.45, 7) is 3.45. The molecule has 6 nitrogen and oxygen atoms in total. The molecular formula is C9H17N3O3. The molecule has 86 valence electrons. The first-order valence-corrected chi connectivity index (χ1v) is 5.01. The molecule has 0 spiro atoms. The molecule has 0 atom stereocenters. The van der Waals surface area contributed by atoms with Crippen LogP contribution in [0.1, 0.15) is 19.8 Å². The fourth-order valence-corrected chi connectivity index (χ4v) is 1.37. The Labute approximate surface area is 88.5 Å². The van der Waals surface area contributed by atoms with Crippen LogP contribution in [0, 0.1) is 5.41 Å². The van der Waals surface area contributed by atoms with Crippen LogP contribution in [0.25, 0.3) is 0 Å². The molecule has 0 aliphatic heterocycles. The summed E-state index contributed by atoms with van der Waals surface area (Å²) in [5.74, 6) is -0.186. The van der Waals surface area contributed by atoms with Crippen LogP contribution >= 0.6 is 0 Å². The highest BCUT2D eigenvalue weighted by atomic mass is 16.5. The number of nitrogens with two attached hydrogens (primary N) is 1. The number of amides is 1. The summed E-state index contributed by atoms with van der Waals surface area (Å²) < 4.78 is 5.08. The van der Waals surface area contributed by atoms with Crippen LogP contribution in [0.4, 0.5) is 0 Å². The Morgan fingerprint density at radius 1 is 1.67 bits per heavy atom. The van der Waals surface area contributed by atoms with Gasteiger partial charge < -0.3 is 21.0 Å². The molecule has 1 aliphatic rings. The van der Waals surface area contributed by atoms with Gasteiger partial charge >= 0.3 is 0 Å². The third-order valence-electron chi connectivity index (χ3n) is 2.52. The molecule has 1 fully saturated rings. The lowest BCUT2D eigenvalue weighted by Crippen LogP contribution is -2.41. The van der Waals surface area contributed by atoms with Crippen molar-refractivity contribution in [2.75, 3.05) is 19.8 Å². The lowest BCUT2D eigenvalue weighted by Gasteiger charge is -2.13. The van der Waals surface area contributed by atoms with Crippen molar-refractivity contribution < 1.29 is 14.7 Å². The van der Waals surface area contributed by atoms with E-state index >= 15 is 0 Å². The van der Waals surface area contributed by atoms with Gasteiger partial charge in [0.2, 0.25) is 5.91 Å². The number of hydrogen-bond acceptors (Lipinski definition) is 4. The van der Waals surface area contributed by atoms with Crippen molar-refractivity contribution in [2.45, 2.75) is 19.8 Å². The van der Waals surface area contributed by atoms with Crippen LogP contribution in [-0.4, -0.2) is 36.7 Å². The van der Waals surface area contributed by atoms with Crippen molar-refractivity contribution in [3.05, 3.63) is 0 Å².